The van der Waals surface area contributed by atoms with Crippen LogP contribution in [0.5, 0.6) is 0 Å². The van der Waals surface area contributed by atoms with Crippen molar-refractivity contribution in [3.05, 3.63) is 43.0 Å². The number of benzene rings is 1. The summed E-state index contributed by atoms with van der Waals surface area (Å²) in [6.07, 6.45) is 2.05. The first kappa shape index (κ1) is 14.8. The van der Waals surface area contributed by atoms with Crippen molar-refractivity contribution in [1.82, 2.24) is 14.8 Å². The molecule has 2 aromatic rings. The lowest BCUT2D eigenvalue weighted by Crippen LogP contribution is -2.09. The average Bonchev–Trinajstić information content (AvgIpc) is 2.89. The van der Waals surface area contributed by atoms with Crippen LogP contribution in [0.3, 0.4) is 0 Å². The number of methoxy groups -OCH3 is 1. The molecule has 5 heteroatoms. The van der Waals surface area contributed by atoms with E-state index in [1.165, 1.54) is 0 Å². The van der Waals surface area contributed by atoms with E-state index in [0.29, 0.717) is 6.54 Å². The van der Waals surface area contributed by atoms with Gasteiger partial charge < -0.3 is 4.74 Å². The van der Waals surface area contributed by atoms with Crippen molar-refractivity contribution in [3.8, 4) is 11.4 Å². The monoisotopic (exact) mass is 289 g/mol. The number of allylic oxidation sites excluding steroid dienone is 1. The average molecular weight is 289 g/mol. The Morgan fingerprint density at radius 3 is 2.75 bits per heavy atom. The summed E-state index contributed by atoms with van der Waals surface area (Å²) in [7, 11) is 1.72. The predicted molar refractivity (Wildman–Crippen MR) is 82.9 cm³/mol. The highest BCUT2D eigenvalue weighted by Gasteiger charge is 2.14. The zero-order chi connectivity index (χ0) is 14.4. The van der Waals surface area contributed by atoms with Gasteiger partial charge in [0, 0.05) is 25.0 Å². The van der Waals surface area contributed by atoms with Crippen molar-refractivity contribution in [1.29, 1.82) is 0 Å². The number of thioether (sulfide) groups is 1. The Balaban J connectivity index is 2.25. The minimum Gasteiger partial charge on any atom is -0.381 e. The largest absolute Gasteiger partial charge is 0.381 e. The molecule has 1 unspecified atom stereocenters. The molecule has 1 heterocycles. The summed E-state index contributed by atoms with van der Waals surface area (Å²) >= 11 is 1.65. The minimum atomic E-state index is 0.189. The van der Waals surface area contributed by atoms with E-state index in [-0.39, 0.29) is 6.10 Å². The minimum absolute atomic E-state index is 0.189. The molecule has 106 valence electrons. The third-order valence-electron chi connectivity index (χ3n) is 2.91. The first-order valence-corrected chi connectivity index (χ1v) is 7.50. The van der Waals surface area contributed by atoms with E-state index in [9.17, 15) is 0 Å². The maximum Gasteiger partial charge on any atom is 0.191 e. The number of aromatic nitrogens is 3. The van der Waals surface area contributed by atoms with Crippen LogP contribution in [0.1, 0.15) is 6.92 Å². The van der Waals surface area contributed by atoms with Crippen LogP contribution >= 0.6 is 11.8 Å². The fraction of sp³-hybridized carbons (Fsp3) is 0.333. The first-order valence-electron chi connectivity index (χ1n) is 6.51. The standard InChI is InChI=1S/C15H19N3OS/c1-4-10-18-14(13-8-6-5-7-9-13)16-17-15(18)20-11-12(2)19-3/h4-9,12H,1,10-11H2,2-3H3. The second-order valence-electron chi connectivity index (χ2n) is 4.43. The second kappa shape index (κ2) is 7.26. The van der Waals surface area contributed by atoms with Crippen LogP contribution in [0.2, 0.25) is 0 Å². The SMILES string of the molecule is C=CCn1c(SCC(C)OC)nnc1-c1ccccc1. The van der Waals surface area contributed by atoms with Gasteiger partial charge >= 0.3 is 0 Å². The van der Waals surface area contributed by atoms with Crippen molar-refractivity contribution < 1.29 is 4.74 Å². The van der Waals surface area contributed by atoms with Gasteiger partial charge in [-0.05, 0) is 6.92 Å². The van der Waals surface area contributed by atoms with E-state index < -0.39 is 0 Å². The molecule has 0 saturated carbocycles. The molecule has 0 amide bonds. The number of ether oxygens (including phenoxy) is 1. The molecule has 0 saturated heterocycles. The molecule has 0 bridgehead atoms. The molecule has 0 aliphatic carbocycles. The Morgan fingerprint density at radius 2 is 2.10 bits per heavy atom. The van der Waals surface area contributed by atoms with Crippen molar-refractivity contribution in [3.63, 3.8) is 0 Å². The fourth-order valence-electron chi connectivity index (χ4n) is 1.75. The molecule has 20 heavy (non-hydrogen) atoms. The fourth-order valence-corrected chi connectivity index (χ4v) is 2.69. The molecule has 0 N–H and O–H groups in total. The molecule has 4 nitrogen and oxygen atoms in total. The van der Waals surface area contributed by atoms with Gasteiger partial charge in [0.15, 0.2) is 11.0 Å². The molecule has 0 fully saturated rings. The molecule has 1 aromatic carbocycles. The molecular formula is C15H19N3OS. The van der Waals surface area contributed by atoms with Crippen LogP contribution in [0.15, 0.2) is 48.1 Å². The van der Waals surface area contributed by atoms with Crippen LogP contribution in [0, 0.1) is 0 Å². The lowest BCUT2D eigenvalue weighted by atomic mass is 10.2. The van der Waals surface area contributed by atoms with Crippen LogP contribution in [-0.2, 0) is 11.3 Å². The first-order chi connectivity index (χ1) is 9.76. The van der Waals surface area contributed by atoms with Gasteiger partial charge in [-0.1, -0.05) is 48.2 Å². The van der Waals surface area contributed by atoms with Gasteiger partial charge in [0.1, 0.15) is 0 Å². The molecular weight excluding hydrogens is 270 g/mol. The van der Waals surface area contributed by atoms with E-state index in [2.05, 4.69) is 21.3 Å². The normalized spacial score (nSPS) is 12.3. The third kappa shape index (κ3) is 3.49. The highest BCUT2D eigenvalue weighted by atomic mass is 32.2. The Kier molecular flexibility index (Phi) is 5.38. The Bertz CT molecular complexity index is 554. The van der Waals surface area contributed by atoms with Gasteiger partial charge in [0.25, 0.3) is 0 Å². The van der Waals surface area contributed by atoms with Crippen molar-refractivity contribution in [2.75, 3.05) is 12.9 Å². The lowest BCUT2D eigenvalue weighted by molar-refractivity contribution is 0.137. The molecule has 0 radical (unpaired) electrons. The summed E-state index contributed by atoms with van der Waals surface area (Å²) in [5, 5.41) is 9.50. The molecule has 0 spiro atoms. The number of hydrogen-bond acceptors (Lipinski definition) is 4. The van der Waals surface area contributed by atoms with E-state index in [4.69, 9.17) is 4.74 Å². The quantitative estimate of drug-likeness (QED) is 0.579. The lowest BCUT2D eigenvalue weighted by Gasteiger charge is -2.10. The van der Waals surface area contributed by atoms with Gasteiger partial charge in [-0.3, -0.25) is 4.57 Å². The van der Waals surface area contributed by atoms with E-state index in [1.54, 1.807) is 18.9 Å². The van der Waals surface area contributed by atoms with Crippen LogP contribution < -0.4 is 0 Å². The topological polar surface area (TPSA) is 39.9 Å². The van der Waals surface area contributed by atoms with Gasteiger partial charge in [-0.2, -0.15) is 0 Å². The van der Waals surface area contributed by atoms with E-state index in [0.717, 1.165) is 22.3 Å². The summed E-state index contributed by atoms with van der Waals surface area (Å²) in [6.45, 7) is 6.55. The van der Waals surface area contributed by atoms with Gasteiger partial charge in [0.2, 0.25) is 0 Å². The van der Waals surface area contributed by atoms with Crippen molar-refractivity contribution in [2.24, 2.45) is 0 Å². The van der Waals surface area contributed by atoms with Gasteiger partial charge in [-0.15, -0.1) is 16.8 Å². The van der Waals surface area contributed by atoms with Crippen LogP contribution in [-0.4, -0.2) is 33.7 Å². The predicted octanol–water partition coefficient (Wildman–Crippen LogP) is 3.26. The third-order valence-corrected chi connectivity index (χ3v) is 4.11. The number of hydrogen-bond donors (Lipinski definition) is 0. The zero-order valence-corrected chi connectivity index (χ0v) is 12.6. The molecule has 1 atom stereocenters. The highest BCUT2D eigenvalue weighted by molar-refractivity contribution is 7.99. The Morgan fingerprint density at radius 1 is 1.35 bits per heavy atom. The van der Waals surface area contributed by atoms with Crippen molar-refractivity contribution >= 4 is 11.8 Å². The maximum atomic E-state index is 5.26. The molecule has 0 aliphatic heterocycles. The summed E-state index contributed by atoms with van der Waals surface area (Å²) < 4.78 is 7.34. The summed E-state index contributed by atoms with van der Waals surface area (Å²) in [6, 6.07) is 10.1. The van der Waals surface area contributed by atoms with Gasteiger partial charge in [0.05, 0.1) is 6.10 Å². The molecule has 0 aliphatic rings. The smallest absolute Gasteiger partial charge is 0.191 e. The summed E-state index contributed by atoms with van der Waals surface area (Å²) in [5.41, 5.74) is 1.06. The zero-order valence-electron chi connectivity index (χ0n) is 11.8. The second-order valence-corrected chi connectivity index (χ2v) is 5.42. The van der Waals surface area contributed by atoms with Gasteiger partial charge in [-0.25, -0.2) is 0 Å². The summed E-state index contributed by atoms with van der Waals surface area (Å²) in [5.74, 6) is 1.72. The highest BCUT2D eigenvalue weighted by Crippen LogP contribution is 2.24. The Labute approximate surface area is 123 Å². The maximum absolute atomic E-state index is 5.26. The number of nitrogens with zero attached hydrogens (tertiary/aromatic N) is 3. The van der Waals surface area contributed by atoms with Crippen LogP contribution in [0.25, 0.3) is 11.4 Å². The van der Waals surface area contributed by atoms with Crippen molar-refractivity contribution in [2.45, 2.75) is 24.7 Å². The summed E-state index contributed by atoms with van der Waals surface area (Å²) in [4.78, 5) is 0. The van der Waals surface area contributed by atoms with E-state index >= 15 is 0 Å². The molecule has 2 rings (SSSR count). The number of rotatable bonds is 7. The molecule has 1 aromatic heterocycles. The Hall–Kier alpha value is -1.59. The van der Waals surface area contributed by atoms with Crippen LogP contribution in [0.4, 0.5) is 0 Å². The van der Waals surface area contributed by atoms with E-state index in [1.807, 2.05) is 43.3 Å².